The molecule has 0 unspecified atom stereocenters. The van der Waals surface area contributed by atoms with Crippen LogP contribution in [0.15, 0.2) is 48.8 Å². The third-order valence-corrected chi connectivity index (χ3v) is 6.10. The maximum Gasteiger partial charge on any atom is 0.410 e. The van der Waals surface area contributed by atoms with E-state index in [1.807, 2.05) is 20.8 Å². The van der Waals surface area contributed by atoms with Crippen molar-refractivity contribution in [2.45, 2.75) is 39.0 Å². The van der Waals surface area contributed by atoms with Crippen molar-refractivity contribution >= 4 is 29.3 Å². The number of anilines is 2. The Morgan fingerprint density at radius 3 is 2.50 bits per heavy atom. The highest BCUT2D eigenvalue weighted by Gasteiger charge is 2.34. The molecule has 0 radical (unpaired) electrons. The fourth-order valence-electron chi connectivity index (χ4n) is 4.06. The van der Waals surface area contributed by atoms with E-state index in [-0.39, 0.29) is 41.5 Å². The SMILES string of the molecule is COc1ccc(F)cc1C(=O)NCc1ccc(C(=N)c2c(N)ncnc2NC2CN(C(=O)OC(C)(C)C)C2)cc1. The predicted octanol–water partition coefficient (Wildman–Crippen LogP) is 3.58. The van der Waals surface area contributed by atoms with Gasteiger partial charge in [-0.25, -0.2) is 19.2 Å². The summed E-state index contributed by atoms with van der Waals surface area (Å²) >= 11 is 0. The Bertz CT molecular complexity index is 1420. The lowest BCUT2D eigenvalue weighted by Crippen LogP contribution is -2.58. The Balaban J connectivity index is 1.39. The molecule has 3 aromatic rings. The first kappa shape index (κ1) is 28.3. The molecule has 0 saturated carbocycles. The summed E-state index contributed by atoms with van der Waals surface area (Å²) in [6, 6.07) is 10.7. The molecular weight excluding hydrogens is 517 g/mol. The van der Waals surface area contributed by atoms with Crippen molar-refractivity contribution in [3.8, 4) is 5.75 Å². The zero-order valence-corrected chi connectivity index (χ0v) is 22.7. The summed E-state index contributed by atoms with van der Waals surface area (Å²) in [6.07, 6.45) is 0.935. The van der Waals surface area contributed by atoms with Crippen LogP contribution in [0.5, 0.6) is 5.75 Å². The molecule has 1 saturated heterocycles. The van der Waals surface area contributed by atoms with Crippen LogP contribution in [-0.2, 0) is 11.3 Å². The van der Waals surface area contributed by atoms with E-state index in [9.17, 15) is 14.0 Å². The molecule has 2 heterocycles. The molecule has 2 aromatic carbocycles. The van der Waals surface area contributed by atoms with Crippen LogP contribution in [0.3, 0.4) is 0 Å². The number of amides is 2. The fourth-order valence-corrected chi connectivity index (χ4v) is 4.06. The Labute approximate surface area is 231 Å². The molecule has 1 aromatic heterocycles. The Kier molecular flexibility index (Phi) is 8.17. The van der Waals surface area contributed by atoms with Gasteiger partial charge in [0.15, 0.2) is 0 Å². The maximum absolute atomic E-state index is 13.6. The molecule has 210 valence electrons. The summed E-state index contributed by atoms with van der Waals surface area (Å²) in [5.74, 6) is -0.198. The number of likely N-dealkylation sites (tertiary alicyclic amines) is 1. The summed E-state index contributed by atoms with van der Waals surface area (Å²) < 4.78 is 24.2. The van der Waals surface area contributed by atoms with E-state index >= 15 is 0 Å². The van der Waals surface area contributed by atoms with Gasteiger partial charge in [0.25, 0.3) is 5.91 Å². The average Bonchev–Trinajstić information content (AvgIpc) is 2.88. The van der Waals surface area contributed by atoms with Crippen LogP contribution in [-0.4, -0.2) is 64.4 Å². The monoisotopic (exact) mass is 549 g/mol. The van der Waals surface area contributed by atoms with Gasteiger partial charge < -0.3 is 30.7 Å². The van der Waals surface area contributed by atoms with Crippen molar-refractivity contribution in [1.29, 1.82) is 5.41 Å². The Morgan fingerprint density at radius 1 is 1.15 bits per heavy atom. The smallest absolute Gasteiger partial charge is 0.410 e. The summed E-state index contributed by atoms with van der Waals surface area (Å²) in [4.78, 5) is 34.7. The number of nitrogen functional groups attached to an aromatic ring is 1. The van der Waals surface area contributed by atoms with E-state index in [4.69, 9.17) is 20.6 Å². The molecule has 5 N–H and O–H groups in total. The van der Waals surface area contributed by atoms with Gasteiger partial charge in [0.2, 0.25) is 0 Å². The highest BCUT2D eigenvalue weighted by atomic mass is 19.1. The third kappa shape index (κ3) is 6.63. The Morgan fingerprint density at radius 2 is 1.85 bits per heavy atom. The van der Waals surface area contributed by atoms with Crippen LogP contribution in [0.25, 0.3) is 0 Å². The molecule has 1 aliphatic heterocycles. The second-order valence-corrected chi connectivity index (χ2v) is 10.3. The normalized spacial score (nSPS) is 13.3. The molecule has 1 aliphatic rings. The minimum atomic E-state index is -0.574. The lowest BCUT2D eigenvalue weighted by Gasteiger charge is -2.40. The van der Waals surface area contributed by atoms with Gasteiger partial charge in [0.05, 0.1) is 30.0 Å². The van der Waals surface area contributed by atoms with E-state index in [0.717, 1.165) is 11.6 Å². The van der Waals surface area contributed by atoms with Crippen LogP contribution in [0.2, 0.25) is 0 Å². The molecule has 0 atom stereocenters. The van der Waals surface area contributed by atoms with Crippen molar-refractivity contribution in [2.24, 2.45) is 0 Å². The van der Waals surface area contributed by atoms with Crippen LogP contribution in [0, 0.1) is 11.2 Å². The van der Waals surface area contributed by atoms with Crippen molar-refractivity contribution in [1.82, 2.24) is 20.2 Å². The fraction of sp³-hybridized carbons (Fsp3) is 0.321. The van der Waals surface area contributed by atoms with Gasteiger partial charge in [-0.1, -0.05) is 24.3 Å². The van der Waals surface area contributed by atoms with E-state index < -0.39 is 17.3 Å². The van der Waals surface area contributed by atoms with Crippen LogP contribution in [0.4, 0.5) is 20.8 Å². The first-order chi connectivity index (χ1) is 18.9. The highest BCUT2D eigenvalue weighted by molar-refractivity contribution is 6.16. The van der Waals surface area contributed by atoms with Gasteiger partial charge in [-0.05, 0) is 44.5 Å². The number of carbonyl (C=O) groups excluding carboxylic acids is 2. The van der Waals surface area contributed by atoms with Crippen molar-refractivity contribution in [2.75, 3.05) is 31.2 Å². The van der Waals surface area contributed by atoms with Gasteiger partial charge in [-0.3, -0.25) is 10.2 Å². The van der Waals surface area contributed by atoms with E-state index in [2.05, 4.69) is 20.6 Å². The van der Waals surface area contributed by atoms with Gasteiger partial charge in [-0.2, -0.15) is 0 Å². The zero-order chi connectivity index (χ0) is 29.0. The number of benzene rings is 2. The zero-order valence-electron chi connectivity index (χ0n) is 22.7. The minimum absolute atomic E-state index is 0.0870. The predicted molar refractivity (Wildman–Crippen MR) is 148 cm³/mol. The number of nitrogens with zero attached hydrogens (tertiary/aromatic N) is 3. The number of nitrogens with two attached hydrogens (primary N) is 1. The molecule has 0 bridgehead atoms. The summed E-state index contributed by atoms with van der Waals surface area (Å²) in [7, 11) is 1.41. The first-order valence-corrected chi connectivity index (χ1v) is 12.6. The summed E-state index contributed by atoms with van der Waals surface area (Å²) in [6.45, 7) is 6.48. The second-order valence-electron chi connectivity index (χ2n) is 10.3. The van der Waals surface area contributed by atoms with E-state index in [1.165, 1.54) is 25.6 Å². The lowest BCUT2D eigenvalue weighted by molar-refractivity contribution is 0.0104. The van der Waals surface area contributed by atoms with Crippen molar-refractivity contribution in [3.05, 3.63) is 76.9 Å². The van der Waals surface area contributed by atoms with Crippen molar-refractivity contribution in [3.63, 3.8) is 0 Å². The number of aromatic nitrogens is 2. The molecule has 11 nitrogen and oxygen atoms in total. The molecule has 1 fully saturated rings. The summed E-state index contributed by atoms with van der Waals surface area (Å²) in [5, 5.41) is 14.8. The quantitative estimate of drug-likeness (QED) is 0.311. The molecule has 12 heteroatoms. The maximum atomic E-state index is 13.6. The number of ether oxygens (including phenoxy) is 2. The molecule has 0 aliphatic carbocycles. The van der Waals surface area contributed by atoms with Crippen LogP contribution >= 0.6 is 0 Å². The highest BCUT2D eigenvalue weighted by Crippen LogP contribution is 2.25. The number of hydrogen-bond acceptors (Lipinski definition) is 9. The average molecular weight is 550 g/mol. The minimum Gasteiger partial charge on any atom is -0.496 e. The van der Waals surface area contributed by atoms with Gasteiger partial charge in [0.1, 0.15) is 35.1 Å². The number of hydrogen-bond donors (Lipinski definition) is 4. The third-order valence-electron chi connectivity index (χ3n) is 6.10. The van der Waals surface area contributed by atoms with Crippen molar-refractivity contribution < 1.29 is 23.5 Å². The van der Waals surface area contributed by atoms with Gasteiger partial charge >= 0.3 is 6.09 Å². The van der Waals surface area contributed by atoms with Gasteiger partial charge in [0, 0.05) is 25.2 Å². The van der Waals surface area contributed by atoms with Crippen LogP contribution in [0.1, 0.15) is 47.8 Å². The van der Waals surface area contributed by atoms with E-state index in [1.54, 1.807) is 29.2 Å². The first-order valence-electron chi connectivity index (χ1n) is 12.6. The number of methoxy groups -OCH3 is 1. The molecule has 4 rings (SSSR count). The van der Waals surface area contributed by atoms with Gasteiger partial charge in [-0.15, -0.1) is 0 Å². The largest absolute Gasteiger partial charge is 0.496 e. The number of halogens is 1. The topological polar surface area (TPSA) is 156 Å². The Hall–Kier alpha value is -4.74. The second kappa shape index (κ2) is 11.6. The molecular formula is C28H32FN7O4. The molecule has 0 spiro atoms. The number of carbonyl (C=O) groups is 2. The standard InChI is InChI=1S/C28H32FN7O4/c1-28(2,3)40-27(38)36-13-19(14-36)35-25-22(24(31)33-15-34-25)23(30)17-7-5-16(6-8-17)12-32-26(37)20-11-18(29)9-10-21(20)39-4/h5-11,15,19,30H,12-14H2,1-4H3,(H,32,37)(H3,31,33,34,35). The number of rotatable bonds is 8. The molecule has 40 heavy (non-hydrogen) atoms. The summed E-state index contributed by atoms with van der Waals surface area (Å²) in [5.41, 5.74) is 7.46. The number of nitrogens with one attached hydrogen (secondary N) is 3. The molecule has 2 amide bonds. The lowest BCUT2D eigenvalue weighted by atomic mass is 10.0. The van der Waals surface area contributed by atoms with Crippen LogP contribution < -0.4 is 21.1 Å². The van der Waals surface area contributed by atoms with E-state index in [0.29, 0.717) is 30.0 Å².